The zero-order chi connectivity index (χ0) is 7.84. The maximum atomic E-state index is 10.5. The van der Waals surface area contributed by atoms with Gasteiger partial charge in [-0.2, -0.15) is 5.10 Å². The van der Waals surface area contributed by atoms with Gasteiger partial charge in [0.05, 0.1) is 0 Å². The van der Waals surface area contributed by atoms with E-state index >= 15 is 0 Å². The Morgan fingerprint density at radius 1 is 1.58 bits per heavy atom. The van der Waals surface area contributed by atoms with Crippen LogP contribution in [0.25, 0.3) is 9.53 Å². The van der Waals surface area contributed by atoms with Crippen molar-refractivity contribution in [1.82, 2.24) is 9.59 Å². The van der Waals surface area contributed by atoms with Gasteiger partial charge in [0.2, 0.25) is 5.97 Å². The molecule has 2 heterocycles. The Kier molecular flexibility index (Phi) is 2.85. The summed E-state index contributed by atoms with van der Waals surface area (Å²) in [6.07, 6.45) is 0. The Balaban J connectivity index is 0.000000720. The molecule has 56 valence electrons. The molecule has 0 saturated heterocycles. The van der Waals surface area contributed by atoms with Gasteiger partial charge in [0, 0.05) is 4.83 Å². The van der Waals surface area contributed by atoms with Gasteiger partial charge in [-0.05, 0) is 10.3 Å². The first-order chi connectivity index (χ1) is 5.29. The van der Waals surface area contributed by atoms with Crippen molar-refractivity contribution in [1.29, 1.82) is 0 Å². The summed E-state index contributed by atoms with van der Waals surface area (Å²) in [4.78, 5) is 11.1. The maximum Gasteiger partial charge on any atom is 1.00 e. The average molecular weight is 192 g/mol. The number of hydrogen-bond acceptors (Lipinski definition) is 5. The van der Waals surface area contributed by atoms with E-state index in [1.807, 2.05) is 0 Å². The molecule has 0 bridgehead atoms. The molecule has 0 amide bonds. The van der Waals surface area contributed by atoms with Crippen molar-refractivity contribution < 1.29 is 28.8 Å². The number of aromatic carboxylic acids is 1. The first-order valence-electron chi connectivity index (χ1n) is 2.65. The van der Waals surface area contributed by atoms with E-state index < -0.39 is 5.97 Å². The standard InChI is InChI=1S/C5HN2O2S2.Li/c8-5(9)2-1-10-4-3(2)11-7-6-4;/h(H,8,9);/q-1;+1. The number of fused-ring (bicyclic) bond motifs is 1. The summed E-state index contributed by atoms with van der Waals surface area (Å²) < 4.78 is 4.24. The van der Waals surface area contributed by atoms with Crippen molar-refractivity contribution in [3.05, 3.63) is 10.9 Å². The molecule has 0 aromatic carbocycles. The predicted molar refractivity (Wildman–Crippen MR) is 41.1 cm³/mol. The zero-order valence-electron chi connectivity index (χ0n) is 6.07. The van der Waals surface area contributed by atoms with Crippen LogP contribution >= 0.6 is 22.9 Å². The number of carbonyl (C=O) groups is 1. The molecule has 1 N–H and O–H groups in total. The third kappa shape index (κ3) is 1.39. The van der Waals surface area contributed by atoms with Crippen molar-refractivity contribution in [2.45, 2.75) is 0 Å². The number of thiophene rings is 1. The van der Waals surface area contributed by atoms with Gasteiger partial charge in [-0.1, -0.05) is 16.9 Å². The topological polar surface area (TPSA) is 63.1 Å². The Labute approximate surface area is 87.6 Å². The Morgan fingerprint density at radius 2 is 2.33 bits per heavy atom. The maximum absolute atomic E-state index is 10.5. The monoisotopic (exact) mass is 192 g/mol. The van der Waals surface area contributed by atoms with E-state index in [1.54, 1.807) is 0 Å². The summed E-state index contributed by atoms with van der Waals surface area (Å²) in [6, 6.07) is 0. The van der Waals surface area contributed by atoms with E-state index in [0.29, 0.717) is 9.53 Å². The van der Waals surface area contributed by atoms with Gasteiger partial charge in [0.1, 0.15) is 0 Å². The minimum atomic E-state index is -0.970. The number of aromatic nitrogens is 2. The number of hydrogen-bond donors (Lipinski definition) is 1. The van der Waals surface area contributed by atoms with E-state index in [0.717, 1.165) is 11.5 Å². The fraction of sp³-hybridized carbons (Fsp3) is 0. The van der Waals surface area contributed by atoms with Crippen molar-refractivity contribution >= 4 is 38.4 Å². The Hall–Kier alpha value is -0.413. The molecule has 12 heavy (non-hydrogen) atoms. The number of rotatable bonds is 1. The molecule has 0 radical (unpaired) electrons. The largest absolute Gasteiger partial charge is 1.00 e. The van der Waals surface area contributed by atoms with Crippen molar-refractivity contribution in [2.24, 2.45) is 0 Å². The molecule has 0 aliphatic rings. The first kappa shape index (κ1) is 9.67. The molecule has 2 aromatic rings. The van der Waals surface area contributed by atoms with Crippen LogP contribution in [-0.4, -0.2) is 20.7 Å². The number of carboxylic acids is 1. The SMILES string of the molecule is O=C(O)c1[c-]sc2nnsc12.[Li+]. The molecule has 2 rings (SSSR count). The van der Waals surface area contributed by atoms with Gasteiger partial charge in [0.25, 0.3) is 0 Å². The van der Waals surface area contributed by atoms with Crippen LogP contribution < -0.4 is 18.9 Å². The predicted octanol–water partition coefficient (Wildman–Crippen LogP) is -1.74. The summed E-state index contributed by atoms with van der Waals surface area (Å²) in [5.41, 5.74) is 0.181. The molecular weight excluding hydrogens is 191 g/mol. The third-order valence-corrected chi connectivity index (χ3v) is 2.81. The van der Waals surface area contributed by atoms with Crippen LogP contribution in [0.3, 0.4) is 0 Å². The van der Waals surface area contributed by atoms with Gasteiger partial charge in [0.15, 0.2) is 0 Å². The van der Waals surface area contributed by atoms with Gasteiger partial charge in [-0.3, -0.25) is 0 Å². The molecule has 0 spiro atoms. The van der Waals surface area contributed by atoms with Crippen LogP contribution in [0, 0.1) is 5.38 Å². The van der Waals surface area contributed by atoms with Crippen LogP contribution in [0.5, 0.6) is 0 Å². The van der Waals surface area contributed by atoms with Gasteiger partial charge in [-0.15, -0.1) is 4.49 Å². The number of nitrogens with zero attached hydrogens (tertiary/aromatic N) is 2. The molecule has 0 atom stereocenters. The molecular formula is C5HLiN2O2S2. The average Bonchev–Trinajstić information content (AvgIpc) is 2.41. The zero-order valence-corrected chi connectivity index (χ0v) is 7.70. The summed E-state index contributed by atoms with van der Waals surface area (Å²) in [5, 5.41) is 15.0. The minimum absolute atomic E-state index is 0. The molecule has 7 heteroatoms. The third-order valence-electron chi connectivity index (χ3n) is 1.15. The van der Waals surface area contributed by atoms with Gasteiger partial charge < -0.3 is 9.90 Å². The molecule has 0 aliphatic heterocycles. The van der Waals surface area contributed by atoms with Crippen molar-refractivity contribution in [3.63, 3.8) is 0 Å². The summed E-state index contributed by atoms with van der Waals surface area (Å²) >= 11 is 2.27. The van der Waals surface area contributed by atoms with Crippen LogP contribution in [0.4, 0.5) is 0 Å². The second-order valence-corrected chi connectivity index (χ2v) is 3.34. The molecule has 0 fully saturated rings. The van der Waals surface area contributed by atoms with Crippen molar-refractivity contribution in [3.8, 4) is 0 Å². The smallest absolute Gasteiger partial charge is 0.521 e. The minimum Gasteiger partial charge on any atom is -0.521 e. The first-order valence-corrected chi connectivity index (χ1v) is 4.24. The van der Waals surface area contributed by atoms with Crippen LogP contribution in [-0.2, 0) is 0 Å². The van der Waals surface area contributed by atoms with Gasteiger partial charge in [-0.25, -0.2) is 11.3 Å². The van der Waals surface area contributed by atoms with Crippen molar-refractivity contribution in [2.75, 3.05) is 0 Å². The van der Waals surface area contributed by atoms with E-state index in [-0.39, 0.29) is 24.4 Å². The second-order valence-electron chi connectivity index (χ2n) is 1.79. The van der Waals surface area contributed by atoms with E-state index in [9.17, 15) is 4.79 Å². The Morgan fingerprint density at radius 3 is 3.00 bits per heavy atom. The fourth-order valence-corrected chi connectivity index (χ4v) is 2.26. The molecule has 4 nitrogen and oxygen atoms in total. The summed E-state index contributed by atoms with van der Waals surface area (Å²) in [7, 11) is 0. The van der Waals surface area contributed by atoms with E-state index in [1.165, 1.54) is 11.3 Å². The normalized spacial score (nSPS) is 9.67. The fourth-order valence-electron chi connectivity index (χ4n) is 0.689. The second kappa shape index (κ2) is 3.54. The molecule has 0 saturated carbocycles. The van der Waals surface area contributed by atoms with E-state index in [2.05, 4.69) is 15.0 Å². The summed E-state index contributed by atoms with van der Waals surface area (Å²) in [6.45, 7) is 0. The van der Waals surface area contributed by atoms with E-state index in [4.69, 9.17) is 5.11 Å². The van der Waals surface area contributed by atoms with Crippen LogP contribution in [0.1, 0.15) is 10.4 Å². The molecule has 0 unspecified atom stereocenters. The van der Waals surface area contributed by atoms with Crippen LogP contribution in [0.15, 0.2) is 0 Å². The quantitative estimate of drug-likeness (QED) is 0.430. The number of carboxylic acid groups (broad SMARTS) is 1. The van der Waals surface area contributed by atoms with Crippen LogP contribution in [0.2, 0.25) is 0 Å². The Bertz CT molecular complexity index is 410. The van der Waals surface area contributed by atoms with Gasteiger partial charge >= 0.3 is 18.9 Å². The summed E-state index contributed by atoms with van der Waals surface area (Å²) in [5.74, 6) is -0.970. The molecule has 0 aliphatic carbocycles. The molecule has 2 aromatic heterocycles.